The predicted octanol–water partition coefficient (Wildman–Crippen LogP) is -0.336. The number of nitrogens with two attached hydrogens (primary N) is 1. The molecule has 0 aliphatic carbocycles. The van der Waals surface area contributed by atoms with Crippen LogP contribution >= 0.6 is 0 Å². The van der Waals surface area contributed by atoms with Crippen LogP contribution in [0.2, 0.25) is 0 Å². The van der Waals surface area contributed by atoms with E-state index < -0.39 is 0 Å². The fourth-order valence-corrected chi connectivity index (χ4v) is 1.70. The van der Waals surface area contributed by atoms with E-state index in [4.69, 9.17) is 10.9 Å². The number of amides is 2. The Morgan fingerprint density at radius 2 is 2.15 bits per heavy atom. The number of hydrogen-bond donors (Lipinski definition) is 3. The fraction of sp³-hybridized carbons (Fsp3) is 0.875. The van der Waals surface area contributed by atoms with Crippen LogP contribution in [0.15, 0.2) is 0 Å². The second kappa shape index (κ2) is 5.04. The molecule has 0 bridgehead atoms. The number of carbonyl (C=O) groups is 1. The molecule has 0 unspecified atom stereocenters. The average molecular weight is 187 g/mol. The van der Waals surface area contributed by atoms with Gasteiger partial charge in [0.05, 0.1) is 0 Å². The number of urea groups is 1. The number of piperidine rings is 1. The molecule has 1 rings (SSSR count). The molecule has 0 spiro atoms. The minimum atomic E-state index is -0.206. The van der Waals surface area contributed by atoms with Gasteiger partial charge in [-0.25, -0.2) is 10.6 Å². The van der Waals surface area contributed by atoms with Gasteiger partial charge < -0.3 is 10.0 Å². The summed E-state index contributed by atoms with van der Waals surface area (Å²) < 4.78 is 0. The standard InChI is InChI=1S/C8H17N3O2/c9-10-8(13)11-4-1-7(2-5-11)3-6-12/h7,12H,1-6,9H2,(H,10,13). The zero-order chi connectivity index (χ0) is 9.68. The van der Waals surface area contributed by atoms with Gasteiger partial charge in [0.25, 0.3) is 0 Å². The molecular weight excluding hydrogens is 170 g/mol. The van der Waals surface area contributed by atoms with Crippen LogP contribution in [0, 0.1) is 5.92 Å². The van der Waals surface area contributed by atoms with Gasteiger partial charge in [-0.2, -0.15) is 0 Å². The average Bonchev–Trinajstić information content (AvgIpc) is 2.18. The monoisotopic (exact) mass is 187 g/mol. The van der Waals surface area contributed by atoms with E-state index in [1.54, 1.807) is 4.90 Å². The Bertz CT molecular complexity index is 167. The normalized spacial score (nSPS) is 18.8. The molecule has 0 radical (unpaired) electrons. The number of nitrogens with one attached hydrogen (secondary N) is 1. The Hall–Kier alpha value is -0.810. The van der Waals surface area contributed by atoms with Gasteiger partial charge in [-0.3, -0.25) is 5.43 Å². The second-order valence-corrected chi connectivity index (χ2v) is 3.39. The molecule has 1 heterocycles. The molecule has 0 atom stereocenters. The lowest BCUT2D eigenvalue weighted by Gasteiger charge is -2.31. The van der Waals surface area contributed by atoms with Crippen LogP contribution in [0.1, 0.15) is 19.3 Å². The number of aliphatic hydroxyl groups excluding tert-OH is 1. The van der Waals surface area contributed by atoms with Crippen molar-refractivity contribution in [3.8, 4) is 0 Å². The molecule has 0 aromatic carbocycles. The molecule has 76 valence electrons. The van der Waals surface area contributed by atoms with Crippen molar-refractivity contribution < 1.29 is 9.90 Å². The van der Waals surface area contributed by atoms with Gasteiger partial charge in [0.15, 0.2) is 0 Å². The minimum absolute atomic E-state index is 0.206. The van der Waals surface area contributed by atoms with E-state index in [9.17, 15) is 4.79 Å². The number of likely N-dealkylation sites (tertiary alicyclic amines) is 1. The third kappa shape index (κ3) is 2.86. The topological polar surface area (TPSA) is 78.6 Å². The van der Waals surface area contributed by atoms with Crippen molar-refractivity contribution in [2.45, 2.75) is 19.3 Å². The van der Waals surface area contributed by atoms with Crippen LogP contribution in [0.5, 0.6) is 0 Å². The number of carbonyl (C=O) groups excluding carboxylic acids is 1. The van der Waals surface area contributed by atoms with Gasteiger partial charge in [-0.05, 0) is 25.2 Å². The number of rotatable bonds is 2. The summed E-state index contributed by atoms with van der Waals surface area (Å²) in [7, 11) is 0. The van der Waals surface area contributed by atoms with Crippen molar-refractivity contribution in [2.75, 3.05) is 19.7 Å². The van der Waals surface area contributed by atoms with E-state index in [2.05, 4.69) is 5.43 Å². The molecule has 1 saturated heterocycles. The van der Waals surface area contributed by atoms with Crippen LogP contribution in [0.3, 0.4) is 0 Å². The van der Waals surface area contributed by atoms with Crippen LogP contribution in [-0.4, -0.2) is 35.7 Å². The highest BCUT2D eigenvalue weighted by Crippen LogP contribution is 2.19. The highest BCUT2D eigenvalue weighted by Gasteiger charge is 2.21. The molecule has 4 N–H and O–H groups in total. The van der Waals surface area contributed by atoms with E-state index in [1.165, 1.54) is 0 Å². The van der Waals surface area contributed by atoms with E-state index in [1.807, 2.05) is 0 Å². The molecule has 0 aromatic rings. The first-order valence-corrected chi connectivity index (χ1v) is 4.64. The summed E-state index contributed by atoms with van der Waals surface area (Å²) in [6, 6.07) is -0.206. The SMILES string of the molecule is NNC(=O)N1CCC(CCO)CC1. The van der Waals surface area contributed by atoms with Gasteiger partial charge in [-0.1, -0.05) is 0 Å². The lowest BCUT2D eigenvalue weighted by molar-refractivity contribution is 0.157. The van der Waals surface area contributed by atoms with Crippen LogP contribution in [0.4, 0.5) is 4.79 Å². The third-order valence-corrected chi connectivity index (χ3v) is 2.56. The number of hydrazine groups is 1. The zero-order valence-electron chi connectivity index (χ0n) is 7.70. The van der Waals surface area contributed by atoms with Crippen molar-refractivity contribution in [3.05, 3.63) is 0 Å². The molecular formula is C8H17N3O2. The van der Waals surface area contributed by atoms with E-state index in [0.29, 0.717) is 5.92 Å². The summed E-state index contributed by atoms with van der Waals surface area (Å²) in [5, 5.41) is 8.73. The smallest absolute Gasteiger partial charge is 0.331 e. The minimum Gasteiger partial charge on any atom is -0.396 e. The molecule has 5 heteroatoms. The lowest BCUT2D eigenvalue weighted by Crippen LogP contribution is -2.46. The maximum atomic E-state index is 11.1. The van der Waals surface area contributed by atoms with Gasteiger partial charge >= 0.3 is 6.03 Å². The molecule has 13 heavy (non-hydrogen) atoms. The summed E-state index contributed by atoms with van der Waals surface area (Å²) in [6.45, 7) is 1.73. The maximum Gasteiger partial charge on any atom is 0.331 e. The van der Waals surface area contributed by atoms with Crippen LogP contribution < -0.4 is 11.3 Å². The highest BCUT2D eigenvalue weighted by molar-refractivity contribution is 5.73. The van der Waals surface area contributed by atoms with Crippen molar-refractivity contribution in [1.82, 2.24) is 10.3 Å². The summed E-state index contributed by atoms with van der Waals surface area (Å²) in [6.07, 6.45) is 2.78. The molecule has 1 fully saturated rings. The van der Waals surface area contributed by atoms with E-state index in [0.717, 1.165) is 32.4 Å². The maximum absolute atomic E-state index is 11.1. The molecule has 1 aliphatic heterocycles. The summed E-state index contributed by atoms with van der Waals surface area (Å²) >= 11 is 0. The number of hydrogen-bond acceptors (Lipinski definition) is 3. The Labute approximate surface area is 77.9 Å². The second-order valence-electron chi connectivity index (χ2n) is 3.39. The first kappa shape index (κ1) is 10.3. The van der Waals surface area contributed by atoms with Gasteiger partial charge in [0, 0.05) is 19.7 Å². The summed E-state index contributed by atoms with van der Waals surface area (Å²) in [5.41, 5.74) is 2.12. The molecule has 0 saturated carbocycles. The first-order chi connectivity index (χ1) is 6.27. The third-order valence-electron chi connectivity index (χ3n) is 2.56. The van der Waals surface area contributed by atoms with Crippen molar-refractivity contribution in [2.24, 2.45) is 11.8 Å². The van der Waals surface area contributed by atoms with Gasteiger partial charge in [0.1, 0.15) is 0 Å². The lowest BCUT2D eigenvalue weighted by atomic mass is 9.94. The molecule has 1 aliphatic rings. The Kier molecular flexibility index (Phi) is 3.98. The summed E-state index contributed by atoms with van der Waals surface area (Å²) in [5.74, 6) is 5.58. The number of aliphatic hydroxyl groups is 1. The van der Waals surface area contributed by atoms with Crippen molar-refractivity contribution in [3.63, 3.8) is 0 Å². The van der Waals surface area contributed by atoms with E-state index in [-0.39, 0.29) is 12.6 Å². The van der Waals surface area contributed by atoms with Crippen LogP contribution in [-0.2, 0) is 0 Å². The van der Waals surface area contributed by atoms with Gasteiger partial charge in [-0.15, -0.1) is 0 Å². The molecule has 2 amide bonds. The zero-order valence-corrected chi connectivity index (χ0v) is 7.70. The van der Waals surface area contributed by atoms with Crippen molar-refractivity contribution >= 4 is 6.03 Å². The largest absolute Gasteiger partial charge is 0.396 e. The van der Waals surface area contributed by atoms with Crippen molar-refractivity contribution in [1.29, 1.82) is 0 Å². The molecule has 0 aromatic heterocycles. The quantitative estimate of drug-likeness (QED) is 0.314. The van der Waals surface area contributed by atoms with Crippen LogP contribution in [0.25, 0.3) is 0 Å². The Balaban J connectivity index is 2.26. The Morgan fingerprint density at radius 3 is 2.62 bits per heavy atom. The highest BCUT2D eigenvalue weighted by atomic mass is 16.3. The Morgan fingerprint density at radius 1 is 1.54 bits per heavy atom. The van der Waals surface area contributed by atoms with Gasteiger partial charge in [0.2, 0.25) is 0 Å². The fourth-order valence-electron chi connectivity index (χ4n) is 1.70. The van der Waals surface area contributed by atoms with E-state index >= 15 is 0 Å². The predicted molar refractivity (Wildman–Crippen MR) is 48.7 cm³/mol. The molecule has 5 nitrogen and oxygen atoms in total. The number of nitrogens with zero attached hydrogens (tertiary/aromatic N) is 1. The first-order valence-electron chi connectivity index (χ1n) is 4.64. The summed E-state index contributed by atoms with van der Waals surface area (Å²) in [4.78, 5) is 12.8.